The average molecular weight is 411 g/mol. The van der Waals surface area contributed by atoms with Crippen LogP contribution in [-0.2, 0) is 0 Å². The molecule has 0 radical (unpaired) electrons. The smallest absolute Gasteiger partial charge is 0.0125 e. The van der Waals surface area contributed by atoms with Gasteiger partial charge in [0.2, 0.25) is 0 Å². The van der Waals surface area contributed by atoms with Gasteiger partial charge in [0.1, 0.15) is 0 Å². The summed E-state index contributed by atoms with van der Waals surface area (Å²) in [4.78, 5) is 0. The minimum absolute atomic E-state index is 0.499. The van der Waals surface area contributed by atoms with Crippen molar-refractivity contribution >= 4 is 0 Å². The lowest BCUT2D eigenvalue weighted by Gasteiger charge is -2.87. The molecule has 30 heavy (non-hydrogen) atoms. The van der Waals surface area contributed by atoms with E-state index >= 15 is 0 Å². The third-order valence-electron chi connectivity index (χ3n) is 15.3. The molecule has 9 atom stereocenters. The van der Waals surface area contributed by atoms with Crippen molar-refractivity contribution in [3.8, 4) is 0 Å². The summed E-state index contributed by atoms with van der Waals surface area (Å²) in [6, 6.07) is 0. The molecule has 0 heterocycles. The van der Waals surface area contributed by atoms with Gasteiger partial charge in [0.25, 0.3) is 0 Å². The van der Waals surface area contributed by atoms with Crippen molar-refractivity contribution in [2.75, 3.05) is 0 Å². The second-order valence-electron chi connectivity index (χ2n) is 15.9. The minimum atomic E-state index is 0.499. The molecule has 0 aliphatic heterocycles. The summed E-state index contributed by atoms with van der Waals surface area (Å²) in [5, 5.41) is 0. The lowest BCUT2D eigenvalue weighted by Crippen LogP contribution is -2.80. The molecule has 0 aromatic rings. The van der Waals surface area contributed by atoms with E-state index in [9.17, 15) is 0 Å². The highest BCUT2D eigenvalue weighted by molar-refractivity contribution is 5.31. The van der Waals surface area contributed by atoms with Gasteiger partial charge in [-0.1, -0.05) is 62.3 Å². The van der Waals surface area contributed by atoms with Crippen molar-refractivity contribution in [1.82, 2.24) is 0 Å². The summed E-state index contributed by atoms with van der Waals surface area (Å²) in [6.07, 6.45) is 13.7. The van der Waals surface area contributed by atoms with E-state index in [1.54, 1.807) is 6.42 Å². The predicted molar refractivity (Wildman–Crippen MR) is 127 cm³/mol. The van der Waals surface area contributed by atoms with Gasteiger partial charge in [0, 0.05) is 0 Å². The molecule has 0 unspecified atom stereocenters. The van der Waals surface area contributed by atoms with Crippen LogP contribution < -0.4 is 0 Å². The largest absolute Gasteiger partial charge is 0.0594 e. The number of fused-ring (bicyclic) bond motifs is 7. The molecule has 9 aliphatic rings. The van der Waals surface area contributed by atoms with Gasteiger partial charge in [0.15, 0.2) is 0 Å². The summed E-state index contributed by atoms with van der Waals surface area (Å²) in [5.41, 5.74) is 3.78. The summed E-state index contributed by atoms with van der Waals surface area (Å²) >= 11 is 0. The molecule has 9 fully saturated rings. The Bertz CT molecular complexity index is 782. The maximum Gasteiger partial charge on any atom is -0.0125 e. The Morgan fingerprint density at radius 1 is 0.533 bits per heavy atom. The van der Waals surface area contributed by atoms with E-state index < -0.39 is 0 Å². The highest BCUT2D eigenvalue weighted by Gasteiger charge is 2.83. The molecule has 0 heteroatoms. The molecule has 9 saturated carbocycles. The molecule has 0 nitrogen and oxygen atoms in total. The fraction of sp³-hybridized carbons (Fsp3) is 1.00. The van der Waals surface area contributed by atoms with Crippen molar-refractivity contribution in [3.63, 3.8) is 0 Å². The molecule has 9 aliphatic carbocycles. The Kier molecular flexibility index (Phi) is 3.58. The Balaban J connectivity index is 1.53. The zero-order chi connectivity index (χ0) is 21.8. The molecular formula is C30H50. The maximum absolute atomic E-state index is 2.86. The van der Waals surface area contributed by atoms with E-state index in [4.69, 9.17) is 0 Å². The topological polar surface area (TPSA) is 0 Å². The van der Waals surface area contributed by atoms with Gasteiger partial charge < -0.3 is 0 Å². The van der Waals surface area contributed by atoms with E-state index in [1.807, 2.05) is 0 Å². The second-order valence-corrected chi connectivity index (χ2v) is 15.9. The van der Waals surface area contributed by atoms with Crippen LogP contribution in [0.1, 0.15) is 120 Å². The van der Waals surface area contributed by atoms with Crippen LogP contribution in [-0.4, -0.2) is 0 Å². The van der Waals surface area contributed by atoms with Crippen LogP contribution in [0, 0.1) is 67.5 Å². The van der Waals surface area contributed by atoms with E-state index in [1.165, 1.54) is 51.4 Å². The Morgan fingerprint density at radius 3 is 1.47 bits per heavy atom. The van der Waals surface area contributed by atoms with Crippen LogP contribution in [0.25, 0.3) is 0 Å². The average Bonchev–Trinajstić information content (AvgIpc) is 2.66. The molecule has 0 N–H and O–H groups in total. The predicted octanol–water partition coefficient (Wildman–Crippen LogP) is 8.74. The zero-order valence-electron chi connectivity index (χ0n) is 21.8. The fourth-order valence-corrected chi connectivity index (χ4v) is 13.2. The van der Waals surface area contributed by atoms with Crippen LogP contribution in [0.5, 0.6) is 0 Å². The normalized spacial score (nSPS) is 61.3. The highest BCUT2D eigenvalue weighted by Crippen LogP contribution is 2.89. The first-order chi connectivity index (χ1) is 13.7. The van der Waals surface area contributed by atoms with Crippen molar-refractivity contribution in [1.29, 1.82) is 0 Å². The third-order valence-corrected chi connectivity index (χ3v) is 15.3. The molecule has 0 amide bonds. The van der Waals surface area contributed by atoms with E-state index in [0.717, 1.165) is 29.6 Å². The van der Waals surface area contributed by atoms with Gasteiger partial charge in [-0.05, 0) is 125 Å². The van der Waals surface area contributed by atoms with Gasteiger partial charge in [-0.15, -0.1) is 0 Å². The van der Waals surface area contributed by atoms with Gasteiger partial charge in [-0.2, -0.15) is 0 Å². The van der Waals surface area contributed by atoms with Crippen LogP contribution in [0.15, 0.2) is 0 Å². The van der Waals surface area contributed by atoms with Crippen LogP contribution in [0.3, 0.4) is 0 Å². The monoisotopic (exact) mass is 410 g/mol. The second kappa shape index (κ2) is 5.22. The van der Waals surface area contributed by atoms with Crippen molar-refractivity contribution in [2.45, 2.75) is 120 Å². The van der Waals surface area contributed by atoms with Crippen LogP contribution in [0.2, 0.25) is 0 Å². The van der Waals surface area contributed by atoms with Crippen molar-refractivity contribution < 1.29 is 0 Å². The van der Waals surface area contributed by atoms with E-state index in [0.29, 0.717) is 37.9 Å². The maximum atomic E-state index is 2.86. The third kappa shape index (κ3) is 1.72. The highest BCUT2D eigenvalue weighted by atomic mass is 14.9. The summed E-state index contributed by atoms with van der Waals surface area (Å²) < 4.78 is 0. The first kappa shape index (κ1) is 20.6. The zero-order valence-corrected chi connectivity index (χ0v) is 21.8. The molecule has 0 spiro atoms. The van der Waals surface area contributed by atoms with Gasteiger partial charge in [-0.25, -0.2) is 0 Å². The van der Waals surface area contributed by atoms with E-state index in [-0.39, 0.29) is 0 Å². The fourth-order valence-electron chi connectivity index (χ4n) is 13.2. The lowest BCUT2D eigenvalue weighted by molar-refractivity contribution is -0.387. The summed E-state index contributed by atoms with van der Waals surface area (Å²) in [6.45, 7) is 24.5. The minimum Gasteiger partial charge on any atom is -0.0594 e. The molecule has 0 saturated heterocycles. The van der Waals surface area contributed by atoms with Gasteiger partial charge in [0.05, 0.1) is 0 Å². The quantitative estimate of drug-likeness (QED) is 0.427. The van der Waals surface area contributed by atoms with Crippen LogP contribution >= 0.6 is 0 Å². The Morgan fingerprint density at radius 2 is 1.00 bits per heavy atom. The lowest BCUT2D eigenvalue weighted by atomic mass is 9.17. The standard InChI is InChI=1S/C30H50/c1-24(2)19-10-13-27(7,22(24)16-19)29(9)15-12-21-18-30(29,26(21,5)6)28(8)14-11-20-17-23(28)25(20,3)4/h19-23H,10-18H2,1-9H3/t19-,20-,21-,22-,23-,27-,28-,29-,30-/m0/s1. The molecular weight excluding hydrogens is 360 g/mol. The molecule has 9 rings (SSSR count). The molecule has 6 bridgehead atoms. The first-order valence-corrected chi connectivity index (χ1v) is 13.7. The SMILES string of the molecule is CC1(C)[C@H]2CC[C@](C)([C@]3(C)CC[C@H]4C[C@@]3([C@@]3(C)CC[C@H]5C[C@H]3C5(C)C)C4(C)C)[C@H]1C2. The number of hydrogen-bond acceptors (Lipinski definition) is 0. The van der Waals surface area contributed by atoms with Gasteiger partial charge in [-0.3, -0.25) is 0 Å². The molecule has 0 aromatic carbocycles. The number of hydrogen-bond donors (Lipinski definition) is 0. The summed E-state index contributed by atoms with van der Waals surface area (Å²) in [5.74, 6) is 4.91. The summed E-state index contributed by atoms with van der Waals surface area (Å²) in [7, 11) is 0. The Labute approximate surface area is 187 Å². The molecule has 170 valence electrons. The first-order valence-electron chi connectivity index (χ1n) is 13.7. The van der Waals surface area contributed by atoms with Crippen LogP contribution in [0.4, 0.5) is 0 Å². The van der Waals surface area contributed by atoms with Gasteiger partial charge >= 0.3 is 0 Å². The number of rotatable bonds is 2. The molecule has 0 aromatic heterocycles. The van der Waals surface area contributed by atoms with Crippen molar-refractivity contribution in [3.05, 3.63) is 0 Å². The Hall–Kier alpha value is 0. The van der Waals surface area contributed by atoms with Crippen molar-refractivity contribution in [2.24, 2.45) is 67.5 Å². The van der Waals surface area contributed by atoms with E-state index in [2.05, 4.69) is 62.3 Å².